The second-order valence-electron chi connectivity index (χ2n) is 5.64. The number of hydrogen-bond donors (Lipinski definition) is 0. The highest BCUT2D eigenvalue weighted by molar-refractivity contribution is 5.82. The van der Waals surface area contributed by atoms with E-state index in [0.29, 0.717) is 19.2 Å². The molecule has 2 saturated heterocycles. The fourth-order valence-electron chi connectivity index (χ4n) is 3.20. The Labute approximate surface area is 120 Å². The first-order chi connectivity index (χ1) is 9.79. The van der Waals surface area contributed by atoms with Crippen LogP contribution in [0.5, 0.6) is 0 Å². The molecule has 2 aliphatic rings. The summed E-state index contributed by atoms with van der Waals surface area (Å²) in [6.07, 6.45) is 2.99. The first-order valence-electron chi connectivity index (χ1n) is 7.53. The van der Waals surface area contributed by atoms with Gasteiger partial charge in [0.2, 0.25) is 0 Å². The first kappa shape index (κ1) is 13.6. The molecule has 0 spiro atoms. The summed E-state index contributed by atoms with van der Waals surface area (Å²) in [6, 6.07) is 10.8. The van der Waals surface area contributed by atoms with Gasteiger partial charge in [-0.2, -0.15) is 0 Å². The molecule has 2 atom stereocenters. The predicted molar refractivity (Wildman–Crippen MR) is 76.8 cm³/mol. The lowest BCUT2D eigenvalue weighted by Gasteiger charge is -2.39. The molecular formula is C16H22N2O2. The van der Waals surface area contributed by atoms with Crippen molar-refractivity contribution in [1.29, 1.82) is 0 Å². The number of hydroxylamine groups is 2. The van der Waals surface area contributed by atoms with Crippen molar-refractivity contribution in [2.45, 2.75) is 44.8 Å². The van der Waals surface area contributed by atoms with Crippen molar-refractivity contribution in [1.82, 2.24) is 9.96 Å². The van der Waals surface area contributed by atoms with E-state index in [1.807, 2.05) is 6.07 Å². The number of carbonyl (C=O) groups excluding carboxylic acids is 1. The van der Waals surface area contributed by atoms with Crippen LogP contribution in [0.1, 0.15) is 31.7 Å². The van der Waals surface area contributed by atoms with Crippen molar-refractivity contribution in [3.05, 3.63) is 35.9 Å². The monoisotopic (exact) mass is 274 g/mol. The Morgan fingerprint density at radius 1 is 1.25 bits per heavy atom. The van der Waals surface area contributed by atoms with Crippen LogP contribution >= 0.6 is 0 Å². The van der Waals surface area contributed by atoms with Gasteiger partial charge in [0, 0.05) is 12.6 Å². The standard InChI is InChI=1S/C16H22N2O2/c1-2-10-20-18-12-14-8-9-15(16(18)19)17(14)11-13-6-4-3-5-7-13/h3-7,14-15H,2,8-12H2,1H3/t14-,15+/m1/s1. The Morgan fingerprint density at radius 2 is 2.05 bits per heavy atom. The van der Waals surface area contributed by atoms with Crippen LogP contribution < -0.4 is 0 Å². The summed E-state index contributed by atoms with van der Waals surface area (Å²) in [4.78, 5) is 20.4. The van der Waals surface area contributed by atoms with E-state index in [9.17, 15) is 4.79 Å². The van der Waals surface area contributed by atoms with Crippen LogP contribution in [-0.2, 0) is 16.2 Å². The summed E-state index contributed by atoms with van der Waals surface area (Å²) >= 11 is 0. The Balaban J connectivity index is 1.69. The summed E-state index contributed by atoms with van der Waals surface area (Å²) < 4.78 is 0. The van der Waals surface area contributed by atoms with Gasteiger partial charge >= 0.3 is 0 Å². The largest absolute Gasteiger partial charge is 0.283 e. The van der Waals surface area contributed by atoms with E-state index < -0.39 is 0 Å². The fourth-order valence-corrected chi connectivity index (χ4v) is 3.20. The molecule has 0 saturated carbocycles. The van der Waals surface area contributed by atoms with Crippen LogP contribution in [0.3, 0.4) is 0 Å². The molecule has 3 rings (SSSR count). The van der Waals surface area contributed by atoms with Crippen LogP contribution in [0, 0.1) is 0 Å². The van der Waals surface area contributed by atoms with Gasteiger partial charge in [-0.25, -0.2) is 5.06 Å². The lowest BCUT2D eigenvalue weighted by atomic mass is 10.1. The number of nitrogens with zero attached hydrogens (tertiary/aromatic N) is 2. The van der Waals surface area contributed by atoms with Gasteiger partial charge in [-0.3, -0.25) is 14.5 Å². The van der Waals surface area contributed by atoms with Gasteiger partial charge < -0.3 is 0 Å². The quantitative estimate of drug-likeness (QED) is 0.825. The van der Waals surface area contributed by atoms with Gasteiger partial charge in [-0.05, 0) is 24.8 Å². The molecule has 0 aromatic heterocycles. The van der Waals surface area contributed by atoms with E-state index in [2.05, 4.69) is 36.1 Å². The molecule has 0 N–H and O–H groups in total. The van der Waals surface area contributed by atoms with E-state index >= 15 is 0 Å². The van der Waals surface area contributed by atoms with Crippen molar-refractivity contribution in [3.63, 3.8) is 0 Å². The Kier molecular flexibility index (Phi) is 4.03. The topological polar surface area (TPSA) is 32.8 Å². The second-order valence-corrected chi connectivity index (χ2v) is 5.64. The molecule has 20 heavy (non-hydrogen) atoms. The molecule has 2 heterocycles. The van der Waals surface area contributed by atoms with E-state index in [-0.39, 0.29) is 11.9 Å². The third-order valence-corrected chi connectivity index (χ3v) is 4.21. The molecule has 1 aromatic rings. The molecule has 2 fully saturated rings. The number of benzene rings is 1. The average Bonchev–Trinajstić information content (AvgIpc) is 2.78. The van der Waals surface area contributed by atoms with Gasteiger partial charge in [0.05, 0.1) is 19.2 Å². The number of piperazine rings is 1. The maximum Gasteiger partial charge on any atom is 0.263 e. The van der Waals surface area contributed by atoms with Crippen molar-refractivity contribution >= 4 is 5.91 Å². The van der Waals surface area contributed by atoms with Crippen LogP contribution in [-0.4, -0.2) is 41.1 Å². The lowest BCUT2D eigenvalue weighted by Crippen LogP contribution is -2.56. The molecule has 0 aliphatic carbocycles. The molecule has 108 valence electrons. The number of rotatable bonds is 5. The summed E-state index contributed by atoms with van der Waals surface area (Å²) in [6.45, 7) is 4.26. The molecular weight excluding hydrogens is 252 g/mol. The Morgan fingerprint density at radius 3 is 2.80 bits per heavy atom. The van der Waals surface area contributed by atoms with E-state index in [0.717, 1.165) is 25.8 Å². The van der Waals surface area contributed by atoms with E-state index in [1.54, 1.807) is 5.06 Å². The van der Waals surface area contributed by atoms with Gasteiger partial charge in [-0.15, -0.1) is 0 Å². The highest BCUT2D eigenvalue weighted by Crippen LogP contribution is 2.32. The molecule has 1 amide bonds. The number of hydrogen-bond acceptors (Lipinski definition) is 3. The predicted octanol–water partition coefficient (Wildman–Crippen LogP) is 2.20. The SMILES string of the molecule is CCCON1C[C@H]2CC[C@@H](C1=O)N2Cc1ccccc1. The van der Waals surface area contributed by atoms with Gasteiger partial charge in [0.15, 0.2) is 0 Å². The first-order valence-corrected chi connectivity index (χ1v) is 7.53. The minimum atomic E-state index is 0.00538. The van der Waals surface area contributed by atoms with Gasteiger partial charge in [0.25, 0.3) is 5.91 Å². The van der Waals surface area contributed by atoms with Crippen LogP contribution in [0.4, 0.5) is 0 Å². The highest BCUT2D eigenvalue weighted by Gasteiger charge is 2.45. The van der Waals surface area contributed by atoms with Crippen LogP contribution in [0.15, 0.2) is 30.3 Å². The van der Waals surface area contributed by atoms with Crippen LogP contribution in [0.25, 0.3) is 0 Å². The highest BCUT2D eigenvalue weighted by atomic mass is 16.7. The van der Waals surface area contributed by atoms with Gasteiger partial charge in [0.1, 0.15) is 0 Å². The van der Waals surface area contributed by atoms with E-state index in [4.69, 9.17) is 4.84 Å². The lowest BCUT2D eigenvalue weighted by molar-refractivity contribution is -0.204. The van der Waals surface area contributed by atoms with E-state index in [1.165, 1.54) is 5.56 Å². The molecule has 1 aromatic carbocycles. The molecule has 0 radical (unpaired) electrons. The molecule has 4 nitrogen and oxygen atoms in total. The average molecular weight is 274 g/mol. The molecule has 0 unspecified atom stereocenters. The zero-order valence-corrected chi connectivity index (χ0v) is 12.0. The Bertz CT molecular complexity index is 463. The summed E-state index contributed by atoms with van der Waals surface area (Å²) in [5, 5.41) is 1.60. The number of fused-ring (bicyclic) bond motifs is 2. The maximum absolute atomic E-state index is 12.4. The number of carbonyl (C=O) groups is 1. The molecule has 4 heteroatoms. The van der Waals surface area contributed by atoms with Crippen molar-refractivity contribution in [2.75, 3.05) is 13.2 Å². The Hall–Kier alpha value is -1.39. The summed E-state index contributed by atoms with van der Waals surface area (Å²) in [7, 11) is 0. The summed E-state index contributed by atoms with van der Waals surface area (Å²) in [5.74, 6) is 0.142. The second kappa shape index (κ2) is 5.94. The normalized spacial score (nSPS) is 26.2. The molecule has 2 bridgehead atoms. The van der Waals surface area contributed by atoms with Gasteiger partial charge in [-0.1, -0.05) is 37.3 Å². The summed E-state index contributed by atoms with van der Waals surface area (Å²) in [5.41, 5.74) is 1.28. The maximum atomic E-state index is 12.4. The third kappa shape index (κ3) is 2.58. The number of amides is 1. The molecule has 2 aliphatic heterocycles. The minimum absolute atomic E-state index is 0.00538. The fraction of sp³-hybridized carbons (Fsp3) is 0.562. The smallest absolute Gasteiger partial charge is 0.263 e. The minimum Gasteiger partial charge on any atom is -0.283 e. The van der Waals surface area contributed by atoms with Crippen LogP contribution in [0.2, 0.25) is 0 Å². The van der Waals surface area contributed by atoms with Crippen molar-refractivity contribution in [3.8, 4) is 0 Å². The zero-order chi connectivity index (χ0) is 13.9. The zero-order valence-electron chi connectivity index (χ0n) is 12.0. The third-order valence-electron chi connectivity index (χ3n) is 4.21. The van der Waals surface area contributed by atoms with Crippen molar-refractivity contribution < 1.29 is 9.63 Å². The van der Waals surface area contributed by atoms with Crippen molar-refractivity contribution in [2.24, 2.45) is 0 Å².